The molecule has 28 heavy (non-hydrogen) atoms. The fourth-order valence-electron chi connectivity index (χ4n) is 3.21. The Morgan fingerprint density at radius 1 is 1.21 bits per heavy atom. The highest BCUT2D eigenvalue weighted by Gasteiger charge is 2.21. The lowest BCUT2D eigenvalue weighted by Crippen LogP contribution is -2.50. The van der Waals surface area contributed by atoms with Crippen LogP contribution in [-0.2, 0) is 4.79 Å². The zero-order valence-electron chi connectivity index (χ0n) is 15.4. The molecule has 2 N–H and O–H groups in total. The van der Waals surface area contributed by atoms with E-state index in [1.807, 2.05) is 29.2 Å². The quantitative estimate of drug-likeness (QED) is 0.628. The number of fused-ring (bicyclic) bond motifs is 1. The fourth-order valence-corrected chi connectivity index (χ4v) is 3.38. The summed E-state index contributed by atoms with van der Waals surface area (Å²) >= 11 is 5.91. The van der Waals surface area contributed by atoms with Crippen LogP contribution in [0.25, 0.3) is 11.2 Å². The van der Waals surface area contributed by atoms with E-state index in [-0.39, 0.29) is 17.7 Å². The smallest absolute Gasteiger partial charge is 0.242 e. The molecule has 1 aliphatic heterocycles. The number of halogens is 1. The van der Waals surface area contributed by atoms with Gasteiger partial charge < -0.3 is 24.8 Å². The molecule has 0 aliphatic carbocycles. The van der Waals surface area contributed by atoms with Gasteiger partial charge in [-0.15, -0.1) is 0 Å². The minimum Gasteiger partial charge on any atom is -0.497 e. The third-order valence-corrected chi connectivity index (χ3v) is 4.90. The van der Waals surface area contributed by atoms with E-state index in [9.17, 15) is 4.79 Å². The number of benzene rings is 1. The van der Waals surface area contributed by atoms with Crippen molar-refractivity contribution >= 4 is 40.2 Å². The van der Waals surface area contributed by atoms with Gasteiger partial charge in [0.2, 0.25) is 11.2 Å². The van der Waals surface area contributed by atoms with Crippen molar-refractivity contribution in [3.05, 3.63) is 35.9 Å². The summed E-state index contributed by atoms with van der Waals surface area (Å²) in [5.41, 5.74) is 2.22. The fraction of sp³-hybridized carbons (Fsp3) is 0.333. The first-order valence-electron chi connectivity index (χ1n) is 8.91. The Hall–Kier alpha value is -3.07. The molecule has 1 aliphatic rings. The first kappa shape index (κ1) is 18.3. The Kier molecular flexibility index (Phi) is 5.16. The molecule has 1 aromatic carbocycles. The van der Waals surface area contributed by atoms with Crippen molar-refractivity contribution in [3.8, 4) is 5.75 Å². The van der Waals surface area contributed by atoms with Gasteiger partial charge in [0.25, 0.3) is 0 Å². The summed E-state index contributed by atoms with van der Waals surface area (Å²) in [6.45, 7) is 3.02. The highest BCUT2D eigenvalue weighted by molar-refractivity contribution is 6.28. The lowest BCUT2D eigenvalue weighted by molar-refractivity contribution is -0.129. The number of carbonyl (C=O) groups is 1. The van der Waals surface area contributed by atoms with Crippen molar-refractivity contribution in [1.29, 1.82) is 0 Å². The Morgan fingerprint density at radius 2 is 1.96 bits per heavy atom. The molecule has 1 amide bonds. The molecule has 0 bridgehead atoms. The molecule has 3 aromatic rings. The summed E-state index contributed by atoms with van der Waals surface area (Å²) in [6.07, 6.45) is 1.51. The Balaban J connectivity index is 1.33. The zero-order chi connectivity index (χ0) is 19.5. The number of amides is 1. The van der Waals surface area contributed by atoms with Crippen LogP contribution in [0.5, 0.6) is 5.75 Å². The van der Waals surface area contributed by atoms with Gasteiger partial charge in [0.15, 0.2) is 11.5 Å². The molecule has 4 rings (SSSR count). The average Bonchev–Trinajstić information content (AvgIpc) is 3.20. The van der Waals surface area contributed by atoms with E-state index in [0.717, 1.165) is 24.5 Å². The number of carbonyl (C=O) groups excluding carboxylic acids is 1. The van der Waals surface area contributed by atoms with Gasteiger partial charge in [-0.3, -0.25) is 4.79 Å². The van der Waals surface area contributed by atoms with E-state index >= 15 is 0 Å². The third kappa shape index (κ3) is 3.79. The van der Waals surface area contributed by atoms with Gasteiger partial charge in [-0.1, -0.05) is 0 Å². The van der Waals surface area contributed by atoms with Crippen LogP contribution in [0, 0.1) is 0 Å². The molecule has 1 saturated heterocycles. The highest BCUT2D eigenvalue weighted by atomic mass is 35.5. The minimum absolute atomic E-state index is 0.0109. The normalized spacial score (nSPS) is 14.4. The van der Waals surface area contributed by atoms with Crippen LogP contribution < -0.4 is 15.0 Å². The van der Waals surface area contributed by atoms with Crippen molar-refractivity contribution in [2.75, 3.05) is 50.1 Å². The van der Waals surface area contributed by atoms with Crippen LogP contribution in [0.2, 0.25) is 5.28 Å². The van der Waals surface area contributed by atoms with E-state index in [1.54, 1.807) is 7.11 Å². The van der Waals surface area contributed by atoms with Gasteiger partial charge in [0.05, 0.1) is 20.0 Å². The number of imidazole rings is 1. The molecule has 3 heterocycles. The third-order valence-electron chi connectivity index (χ3n) is 4.74. The summed E-state index contributed by atoms with van der Waals surface area (Å²) in [6, 6.07) is 7.96. The number of aromatic nitrogens is 4. The van der Waals surface area contributed by atoms with E-state index in [2.05, 4.69) is 30.2 Å². The maximum absolute atomic E-state index is 12.6. The summed E-state index contributed by atoms with van der Waals surface area (Å²) in [5, 5.41) is 3.13. The van der Waals surface area contributed by atoms with Crippen LogP contribution >= 0.6 is 11.6 Å². The van der Waals surface area contributed by atoms with Crippen molar-refractivity contribution < 1.29 is 9.53 Å². The maximum atomic E-state index is 12.6. The second kappa shape index (κ2) is 7.89. The van der Waals surface area contributed by atoms with E-state index < -0.39 is 0 Å². The van der Waals surface area contributed by atoms with Crippen molar-refractivity contribution in [2.45, 2.75) is 0 Å². The largest absolute Gasteiger partial charge is 0.497 e. The van der Waals surface area contributed by atoms with E-state index in [1.165, 1.54) is 6.33 Å². The monoisotopic (exact) mass is 401 g/mol. The summed E-state index contributed by atoms with van der Waals surface area (Å²) in [7, 11) is 1.65. The van der Waals surface area contributed by atoms with E-state index in [4.69, 9.17) is 16.3 Å². The molecule has 0 spiro atoms. The molecule has 9 nitrogen and oxygen atoms in total. The first-order chi connectivity index (χ1) is 13.6. The second-order valence-electron chi connectivity index (χ2n) is 6.36. The summed E-state index contributed by atoms with van der Waals surface area (Å²) in [5.74, 6) is 1.31. The Morgan fingerprint density at radius 3 is 2.68 bits per heavy atom. The number of nitrogens with zero attached hydrogens (tertiary/aromatic N) is 5. The lowest BCUT2D eigenvalue weighted by atomic mass is 10.2. The van der Waals surface area contributed by atoms with Gasteiger partial charge in [0.1, 0.15) is 11.3 Å². The lowest BCUT2D eigenvalue weighted by Gasteiger charge is -2.36. The molecule has 0 unspecified atom stereocenters. The van der Waals surface area contributed by atoms with Gasteiger partial charge in [0, 0.05) is 31.9 Å². The Labute approximate surface area is 166 Å². The summed E-state index contributed by atoms with van der Waals surface area (Å²) in [4.78, 5) is 31.9. The number of nitrogens with one attached hydrogen (secondary N) is 2. The molecule has 10 heteroatoms. The highest BCUT2D eigenvalue weighted by Crippen LogP contribution is 2.21. The Bertz CT molecular complexity index is 968. The molecule has 2 aromatic heterocycles. The topological polar surface area (TPSA) is 99.3 Å². The van der Waals surface area contributed by atoms with Crippen molar-refractivity contribution in [1.82, 2.24) is 24.8 Å². The molecule has 0 radical (unpaired) electrons. The molecule has 0 atom stereocenters. The van der Waals surface area contributed by atoms with Gasteiger partial charge in [-0.2, -0.15) is 9.97 Å². The standard InChI is InChI=1S/C18H20ClN7O2/c1-28-13-4-2-12(3-5-13)25-6-8-26(9-7-25)14(27)10-20-16-15-17(22-11-21-15)24-18(19)23-16/h2-5,11H,6-10H2,1H3,(H2,20,21,22,23,24). The molecule has 1 fully saturated rings. The van der Waals surface area contributed by atoms with Gasteiger partial charge in [-0.05, 0) is 35.9 Å². The second-order valence-corrected chi connectivity index (χ2v) is 6.70. The number of anilines is 2. The summed E-state index contributed by atoms with van der Waals surface area (Å²) < 4.78 is 5.20. The zero-order valence-corrected chi connectivity index (χ0v) is 16.1. The molecular formula is C18H20ClN7O2. The number of hydrogen-bond donors (Lipinski definition) is 2. The van der Waals surface area contributed by atoms with Crippen LogP contribution in [0.3, 0.4) is 0 Å². The van der Waals surface area contributed by atoms with E-state index in [0.29, 0.717) is 30.1 Å². The molecule has 146 valence electrons. The predicted molar refractivity (Wildman–Crippen MR) is 107 cm³/mol. The average molecular weight is 402 g/mol. The number of ether oxygens (including phenoxy) is 1. The van der Waals surface area contributed by atoms with Crippen LogP contribution in [0.1, 0.15) is 0 Å². The van der Waals surface area contributed by atoms with Gasteiger partial charge in [-0.25, -0.2) is 4.98 Å². The number of aromatic amines is 1. The number of hydrogen-bond acceptors (Lipinski definition) is 7. The SMILES string of the molecule is COc1ccc(N2CCN(C(=O)CNc3nc(Cl)nc4nc[nH]c34)CC2)cc1. The van der Waals surface area contributed by atoms with Crippen LogP contribution in [-0.4, -0.2) is 70.6 Å². The van der Waals surface area contributed by atoms with Crippen LogP contribution in [0.15, 0.2) is 30.6 Å². The molecule has 0 saturated carbocycles. The van der Waals surface area contributed by atoms with Gasteiger partial charge >= 0.3 is 0 Å². The number of methoxy groups -OCH3 is 1. The first-order valence-corrected chi connectivity index (χ1v) is 9.29. The number of piperazine rings is 1. The maximum Gasteiger partial charge on any atom is 0.242 e. The van der Waals surface area contributed by atoms with Crippen molar-refractivity contribution in [2.24, 2.45) is 0 Å². The van der Waals surface area contributed by atoms with Crippen molar-refractivity contribution in [3.63, 3.8) is 0 Å². The number of rotatable bonds is 5. The van der Waals surface area contributed by atoms with Crippen LogP contribution in [0.4, 0.5) is 11.5 Å². The minimum atomic E-state index is 0.0109. The molecular weight excluding hydrogens is 382 g/mol. The predicted octanol–water partition coefficient (Wildman–Crippen LogP) is 1.78. The number of H-pyrrole nitrogens is 1.